The molecule has 0 aliphatic heterocycles. The molecule has 94 heavy (non-hydrogen) atoms. The minimum atomic E-state index is -4.40. The molecule has 0 aromatic heterocycles. The van der Waals surface area contributed by atoms with Crippen LogP contribution >= 0.6 is 24.1 Å². The fourth-order valence-corrected chi connectivity index (χ4v) is 10.3. The Labute approximate surface area is 551 Å². The average Bonchev–Trinajstić information content (AvgIpc) is 0.866. The van der Waals surface area contributed by atoms with E-state index in [0.29, 0.717) is 82.7 Å². The zero-order valence-electron chi connectivity index (χ0n) is 50.5. The number of hydrogen-bond acceptors (Lipinski definition) is 27. The van der Waals surface area contributed by atoms with Crippen LogP contribution in [0.2, 0.25) is 0 Å². The van der Waals surface area contributed by atoms with Gasteiger partial charge in [-0.2, -0.15) is 64.4 Å². The number of nitrogens with zero attached hydrogens (tertiary/aromatic N) is 8. The summed E-state index contributed by atoms with van der Waals surface area (Å²) in [7, 11) is -17.3. The molecule has 0 radical (unpaired) electrons. The van der Waals surface area contributed by atoms with Gasteiger partial charge in [-0.05, 0) is 148 Å². The molecular weight excluding hydrogens is 1350 g/mol. The second-order valence-electron chi connectivity index (χ2n) is 20.0. The first-order valence-corrected chi connectivity index (χ1v) is 36.7. The van der Waals surface area contributed by atoms with Gasteiger partial charge in [0, 0.05) is 47.9 Å². The predicted octanol–water partition coefficient (Wildman–Crippen LogP) is 14.2. The zero-order chi connectivity index (χ0) is 68.2. The number of azo groups is 4. The molecule has 0 unspecified atom stereocenters. The number of anilines is 2. The van der Waals surface area contributed by atoms with Gasteiger partial charge in [0.2, 0.25) is 0 Å². The number of carbonyl (C=O) groups is 1. The first-order chi connectivity index (χ1) is 44.7. The first kappa shape index (κ1) is 75.1. The molecule has 0 saturated heterocycles. The lowest BCUT2D eigenvalue weighted by atomic mass is 10.1. The molecule has 0 heterocycles. The van der Waals surface area contributed by atoms with Gasteiger partial charge in [-0.3, -0.25) is 18.2 Å². The number of amides is 2. The average molecular weight is 1420 g/mol. The largest absolute Gasteiger partial charge is 0.493 e. The molecule has 0 bridgehead atoms. The number of nitrogens with one attached hydrogen (secondary N) is 2. The Bertz CT molecular complexity index is 4130. The number of aryl methyl sites for hydroxylation is 2. The molecule has 0 aliphatic rings. The third kappa shape index (κ3) is 28.7. The van der Waals surface area contributed by atoms with Crippen LogP contribution in [-0.2, 0) is 40.5 Å². The number of urea groups is 1. The van der Waals surface area contributed by atoms with E-state index in [-0.39, 0.29) is 122 Å². The molecule has 8 N–H and O–H groups in total. The monoisotopic (exact) mass is 1420 g/mol. The van der Waals surface area contributed by atoms with E-state index in [0.717, 1.165) is 12.0 Å². The fourth-order valence-electron chi connectivity index (χ4n) is 7.84. The Balaban J connectivity index is 1.26. The summed E-state index contributed by atoms with van der Waals surface area (Å²) in [5.41, 5.74) is 3.22. The number of benzene rings is 6. The van der Waals surface area contributed by atoms with Crippen LogP contribution in [0, 0.1) is 13.8 Å². The highest BCUT2D eigenvalue weighted by Crippen LogP contribution is 2.40. The van der Waals surface area contributed by atoms with Crippen LogP contribution in [0.5, 0.6) is 34.5 Å². The number of hydrogen-bond donors (Lipinski definition) is 8. The molecule has 6 aromatic carbocycles. The van der Waals surface area contributed by atoms with Crippen LogP contribution < -0.4 is 39.1 Å². The summed E-state index contributed by atoms with van der Waals surface area (Å²) in [5, 5.41) is 40.3. The Morgan fingerprint density at radius 1 is 0.383 bits per heavy atom. The maximum absolute atomic E-state index is 14.1. The molecular formula is C57H68N10O21S6. The van der Waals surface area contributed by atoms with Crippen molar-refractivity contribution in [2.24, 2.45) is 40.9 Å². The van der Waals surface area contributed by atoms with Gasteiger partial charge >= 0.3 is 6.03 Å². The van der Waals surface area contributed by atoms with Crippen molar-refractivity contribution >= 4 is 127 Å². The van der Waals surface area contributed by atoms with Crippen molar-refractivity contribution < 1.29 is 94.2 Å². The van der Waals surface area contributed by atoms with Crippen molar-refractivity contribution in [3.8, 4) is 34.5 Å². The second kappa shape index (κ2) is 37.2. The summed E-state index contributed by atoms with van der Waals surface area (Å²) in [4.78, 5) is 14.1. The van der Waals surface area contributed by atoms with E-state index in [4.69, 9.17) is 37.5 Å². The van der Waals surface area contributed by atoms with Crippen LogP contribution in [0.4, 0.5) is 61.7 Å². The highest BCUT2D eigenvalue weighted by atomic mass is 32.2. The number of rotatable bonds is 40. The van der Waals surface area contributed by atoms with Gasteiger partial charge in [0.1, 0.15) is 45.9 Å². The summed E-state index contributed by atoms with van der Waals surface area (Å²) in [6.45, 7) is 3.10. The third-order valence-electron chi connectivity index (χ3n) is 12.2. The fraction of sp³-hybridized carbons (Fsp3) is 0.351. The van der Waals surface area contributed by atoms with Crippen LogP contribution in [0.1, 0.15) is 49.7 Å². The summed E-state index contributed by atoms with van der Waals surface area (Å²) >= 11 is 1.40. The highest BCUT2D eigenvalue weighted by Gasteiger charge is 2.19. The third-order valence-corrected chi connectivity index (χ3v) is 16.4. The topological polar surface area (TPSA) is 453 Å². The molecule has 31 nitrogen and oxygen atoms in total. The van der Waals surface area contributed by atoms with E-state index >= 15 is 0 Å². The molecule has 0 atom stereocenters. The molecule has 6 aromatic rings. The smallest absolute Gasteiger partial charge is 0.323 e. The first-order valence-electron chi connectivity index (χ1n) is 28.3. The van der Waals surface area contributed by atoms with Crippen molar-refractivity contribution in [3.05, 3.63) is 120 Å². The zero-order valence-corrected chi connectivity index (χ0v) is 55.4. The molecule has 37 heteroatoms. The summed E-state index contributed by atoms with van der Waals surface area (Å²) in [6, 6.07) is 27.6. The predicted molar refractivity (Wildman–Crippen MR) is 354 cm³/mol. The Hall–Kier alpha value is -7.95. The van der Waals surface area contributed by atoms with Crippen molar-refractivity contribution in [1.82, 2.24) is 0 Å². The van der Waals surface area contributed by atoms with E-state index in [1.54, 1.807) is 74.5 Å². The van der Waals surface area contributed by atoms with Gasteiger partial charge in [-0.25, -0.2) is 4.79 Å². The van der Waals surface area contributed by atoms with Gasteiger partial charge in [-0.1, -0.05) is 12.1 Å². The lowest BCUT2D eigenvalue weighted by Gasteiger charge is -2.17. The lowest BCUT2D eigenvalue weighted by molar-refractivity contribution is 0.261. The molecule has 2 amide bonds. The molecule has 0 fully saturated rings. The number of ether oxygens (including phenoxy) is 6. The van der Waals surface area contributed by atoms with E-state index < -0.39 is 69.5 Å². The van der Waals surface area contributed by atoms with Crippen LogP contribution in [0.25, 0.3) is 0 Å². The van der Waals surface area contributed by atoms with Gasteiger partial charge in [-0.15, -0.1) is 10.2 Å². The van der Waals surface area contributed by atoms with E-state index in [1.165, 1.54) is 48.5 Å². The second-order valence-corrected chi connectivity index (χ2v) is 27.6. The van der Waals surface area contributed by atoms with Crippen LogP contribution in [-0.4, -0.2) is 141 Å². The Kier molecular flexibility index (Phi) is 29.7. The van der Waals surface area contributed by atoms with Crippen molar-refractivity contribution in [1.29, 1.82) is 0 Å². The minimum Gasteiger partial charge on any atom is -0.493 e. The van der Waals surface area contributed by atoms with E-state index in [9.17, 15) is 56.7 Å². The number of carbonyl (C=O) groups excluding carboxylic acids is 1. The molecule has 0 aliphatic carbocycles. The van der Waals surface area contributed by atoms with Crippen LogP contribution in [0.3, 0.4) is 0 Å². The summed E-state index contributed by atoms with van der Waals surface area (Å²) in [6.07, 6.45) is 0.673. The molecule has 0 spiro atoms. The molecule has 6 rings (SSSR count). The summed E-state index contributed by atoms with van der Waals surface area (Å²) in [5.74, 6) is -0.292. The standard InChI is InChI=1S/C57H68N10O21S6/c1-39-31-51(55(87-23-9-29-93(77,78)79)37-49(39)66-64-47-17-15-43(35-53(47)85-20-6-26-90-70)62-60-41-11-3-13-45(33-41)83-19-5-25-89-69)58-57(68)59-52-32-40(2)50(38-56(52)88-24-10-30-94(80,81)82)67-65-48-18-16-44(36-54(48)86-22-8-28-92(74,75)76)63-61-42-12-4-14-46(34-42)84-21-7-27-91(71,72)73/h3-4,11-18,31-38,69-70H,5-10,19-30H2,1-2H3,(H2,58,59,68)(H,71,72,73)(H,74,75,76)(H,77,78,79)(H,80,81,82)/b62-60?,63-61?,66-64+,67-65?. The van der Waals surface area contributed by atoms with E-state index in [2.05, 4.69) is 51.5 Å². The minimum absolute atomic E-state index is 0.00475. The van der Waals surface area contributed by atoms with Gasteiger partial charge in [0.05, 0.1) is 108 Å². The highest BCUT2D eigenvalue weighted by molar-refractivity contribution is 7.93. The van der Waals surface area contributed by atoms with Crippen molar-refractivity contribution in [3.63, 3.8) is 0 Å². The van der Waals surface area contributed by atoms with Crippen molar-refractivity contribution in [2.45, 2.75) is 52.4 Å². The quantitative estimate of drug-likeness (QED) is 0.00766. The van der Waals surface area contributed by atoms with Crippen molar-refractivity contribution in [2.75, 3.05) is 84.8 Å². The Morgan fingerprint density at radius 3 is 1.06 bits per heavy atom. The Morgan fingerprint density at radius 2 is 0.702 bits per heavy atom. The van der Waals surface area contributed by atoms with E-state index in [1.807, 2.05) is 0 Å². The summed E-state index contributed by atoms with van der Waals surface area (Å²) < 4.78 is 182. The van der Waals surface area contributed by atoms with Gasteiger partial charge in [0.25, 0.3) is 40.5 Å². The van der Waals surface area contributed by atoms with Gasteiger partial charge in [0.15, 0.2) is 0 Å². The molecule has 508 valence electrons. The normalized spacial score (nSPS) is 12.3. The maximum Gasteiger partial charge on any atom is 0.323 e. The SMILES string of the molecule is Cc1cc(NC(=O)Nc2cc(C)c(/N=N/c3ccc(N=Nc4cccc(OCCCSO)c4)cc3OCCCSO)cc2OCCCS(=O)(=O)O)c(OCCCS(=O)(=O)O)cc1N=Nc1ccc(N=Nc2cccc(OCCCS(=O)(=O)O)c2)cc1OCCCS(=O)(=O)O. The lowest BCUT2D eigenvalue weighted by Crippen LogP contribution is -2.21. The maximum atomic E-state index is 14.1. The van der Waals surface area contributed by atoms with Gasteiger partial charge < -0.3 is 48.2 Å². The van der Waals surface area contributed by atoms with Crippen LogP contribution in [0.15, 0.2) is 150 Å². The molecule has 0 saturated carbocycles.